The van der Waals surface area contributed by atoms with Gasteiger partial charge in [0.05, 0.1) is 11.6 Å². The van der Waals surface area contributed by atoms with Crippen molar-refractivity contribution in [3.63, 3.8) is 0 Å². The van der Waals surface area contributed by atoms with Crippen molar-refractivity contribution in [3.05, 3.63) is 34.1 Å². The molecule has 1 N–H and O–H groups in total. The van der Waals surface area contributed by atoms with Gasteiger partial charge in [-0.05, 0) is 27.6 Å². The molecular formula is C8H9BrFNO. The van der Waals surface area contributed by atoms with Crippen LogP contribution in [0.5, 0.6) is 0 Å². The Morgan fingerprint density at radius 1 is 1.58 bits per heavy atom. The number of hydrogen-bond acceptors (Lipinski definition) is 2. The first kappa shape index (κ1) is 9.64. The average molecular weight is 234 g/mol. The maximum Gasteiger partial charge on any atom is 0.137 e. The molecule has 0 unspecified atom stereocenters. The highest BCUT2D eigenvalue weighted by Gasteiger charge is 2.03. The van der Waals surface area contributed by atoms with Gasteiger partial charge in [-0.25, -0.2) is 4.39 Å². The van der Waals surface area contributed by atoms with Crippen molar-refractivity contribution in [1.82, 2.24) is 5.48 Å². The summed E-state index contributed by atoms with van der Waals surface area (Å²) in [6.45, 7) is 0.481. The highest BCUT2D eigenvalue weighted by Crippen LogP contribution is 2.19. The highest BCUT2D eigenvalue weighted by molar-refractivity contribution is 9.10. The summed E-state index contributed by atoms with van der Waals surface area (Å²) in [4.78, 5) is 4.65. The second-order valence-electron chi connectivity index (χ2n) is 2.24. The molecule has 0 aromatic heterocycles. The van der Waals surface area contributed by atoms with Gasteiger partial charge in [0.15, 0.2) is 0 Å². The monoisotopic (exact) mass is 233 g/mol. The lowest BCUT2D eigenvalue weighted by atomic mass is 10.2. The molecule has 0 amide bonds. The Labute approximate surface area is 78.8 Å². The van der Waals surface area contributed by atoms with E-state index in [1.165, 1.54) is 13.2 Å². The van der Waals surface area contributed by atoms with Gasteiger partial charge in [0.25, 0.3) is 0 Å². The van der Waals surface area contributed by atoms with E-state index in [2.05, 4.69) is 26.2 Å². The van der Waals surface area contributed by atoms with Gasteiger partial charge in [0.1, 0.15) is 5.82 Å². The maximum absolute atomic E-state index is 12.9. The molecule has 66 valence electrons. The van der Waals surface area contributed by atoms with Crippen molar-refractivity contribution in [2.24, 2.45) is 0 Å². The first-order chi connectivity index (χ1) is 5.75. The van der Waals surface area contributed by atoms with Gasteiger partial charge in [-0.15, -0.1) is 0 Å². The summed E-state index contributed by atoms with van der Waals surface area (Å²) in [7, 11) is 1.52. The molecule has 0 aliphatic carbocycles. The normalized spacial score (nSPS) is 10.2. The molecule has 1 rings (SSSR count). The topological polar surface area (TPSA) is 21.3 Å². The Hall–Kier alpha value is -0.450. The molecule has 0 radical (unpaired) electrons. The lowest BCUT2D eigenvalue weighted by molar-refractivity contribution is 0.0865. The summed E-state index contributed by atoms with van der Waals surface area (Å²) in [6, 6.07) is 4.88. The average Bonchev–Trinajstić information content (AvgIpc) is 2.08. The van der Waals surface area contributed by atoms with E-state index < -0.39 is 0 Å². The summed E-state index contributed by atoms with van der Waals surface area (Å²) in [5, 5.41) is 0. The summed E-state index contributed by atoms with van der Waals surface area (Å²) < 4.78 is 13.4. The Morgan fingerprint density at radius 3 is 3.00 bits per heavy atom. The number of hydroxylamine groups is 1. The van der Waals surface area contributed by atoms with Gasteiger partial charge < -0.3 is 4.84 Å². The predicted octanol–water partition coefficient (Wildman–Crippen LogP) is 2.24. The first-order valence-electron chi connectivity index (χ1n) is 3.44. The van der Waals surface area contributed by atoms with Crippen molar-refractivity contribution in [2.45, 2.75) is 6.54 Å². The Morgan fingerprint density at radius 2 is 2.33 bits per heavy atom. The van der Waals surface area contributed by atoms with Crippen LogP contribution in [0, 0.1) is 5.82 Å². The van der Waals surface area contributed by atoms with Crippen LogP contribution in [0.1, 0.15) is 5.56 Å². The number of benzene rings is 1. The molecule has 1 aromatic rings. The van der Waals surface area contributed by atoms with Crippen LogP contribution < -0.4 is 5.48 Å². The van der Waals surface area contributed by atoms with Crippen molar-refractivity contribution in [2.75, 3.05) is 7.11 Å². The van der Waals surface area contributed by atoms with E-state index in [0.717, 1.165) is 5.56 Å². The van der Waals surface area contributed by atoms with Crippen molar-refractivity contribution < 1.29 is 9.23 Å². The van der Waals surface area contributed by atoms with Gasteiger partial charge in [-0.1, -0.05) is 12.1 Å². The van der Waals surface area contributed by atoms with E-state index in [-0.39, 0.29) is 5.82 Å². The Kier molecular flexibility index (Phi) is 3.65. The fraction of sp³-hybridized carbons (Fsp3) is 0.250. The van der Waals surface area contributed by atoms with Crippen LogP contribution in [-0.2, 0) is 11.4 Å². The zero-order chi connectivity index (χ0) is 8.97. The first-order valence-corrected chi connectivity index (χ1v) is 4.23. The minimum Gasteiger partial charge on any atom is -0.305 e. The fourth-order valence-electron chi connectivity index (χ4n) is 0.835. The van der Waals surface area contributed by atoms with Crippen LogP contribution in [0.15, 0.2) is 22.7 Å². The van der Waals surface area contributed by atoms with E-state index in [1.54, 1.807) is 6.07 Å². The number of nitrogens with one attached hydrogen (secondary N) is 1. The second-order valence-corrected chi connectivity index (χ2v) is 3.03. The molecule has 0 fully saturated rings. The molecule has 0 saturated heterocycles. The maximum atomic E-state index is 12.9. The third kappa shape index (κ3) is 2.27. The van der Waals surface area contributed by atoms with Gasteiger partial charge in [-0.2, -0.15) is 5.48 Å². The summed E-state index contributed by atoms with van der Waals surface area (Å²) in [5.74, 6) is -0.259. The van der Waals surface area contributed by atoms with Crippen LogP contribution in [0.25, 0.3) is 0 Å². The Bertz CT molecular complexity index is 267. The van der Waals surface area contributed by atoms with Crippen LogP contribution in [0.2, 0.25) is 0 Å². The van der Waals surface area contributed by atoms with E-state index in [9.17, 15) is 4.39 Å². The minimum atomic E-state index is -0.259. The fourth-order valence-corrected chi connectivity index (χ4v) is 1.24. The zero-order valence-electron chi connectivity index (χ0n) is 6.60. The van der Waals surface area contributed by atoms with Crippen LogP contribution >= 0.6 is 15.9 Å². The molecular weight excluding hydrogens is 225 g/mol. The predicted molar refractivity (Wildman–Crippen MR) is 47.9 cm³/mol. The van der Waals surface area contributed by atoms with E-state index in [4.69, 9.17) is 0 Å². The third-order valence-corrected chi connectivity index (χ3v) is 2.33. The van der Waals surface area contributed by atoms with Gasteiger partial charge in [0, 0.05) is 6.54 Å². The standard InChI is InChI=1S/C8H9BrFNO/c1-12-11-5-6-3-2-4-7(10)8(6)9/h2-4,11H,5H2,1H3. The lowest BCUT2D eigenvalue weighted by Crippen LogP contribution is -2.11. The molecule has 0 saturated carbocycles. The van der Waals surface area contributed by atoms with E-state index >= 15 is 0 Å². The van der Waals surface area contributed by atoms with Crippen LogP contribution in [0.4, 0.5) is 4.39 Å². The SMILES string of the molecule is CONCc1cccc(F)c1Br. The number of halogens is 2. The summed E-state index contributed by atoms with van der Waals surface area (Å²) in [5.41, 5.74) is 3.47. The molecule has 1 aromatic carbocycles. The molecule has 0 atom stereocenters. The van der Waals surface area contributed by atoms with Crippen LogP contribution in [0.3, 0.4) is 0 Å². The quantitative estimate of drug-likeness (QED) is 0.809. The van der Waals surface area contributed by atoms with E-state index in [0.29, 0.717) is 11.0 Å². The van der Waals surface area contributed by atoms with E-state index in [1.807, 2.05) is 6.07 Å². The number of hydrogen-bond donors (Lipinski definition) is 1. The highest BCUT2D eigenvalue weighted by atomic mass is 79.9. The second kappa shape index (κ2) is 4.54. The molecule has 12 heavy (non-hydrogen) atoms. The molecule has 0 spiro atoms. The molecule has 2 nitrogen and oxygen atoms in total. The summed E-state index contributed by atoms with van der Waals surface area (Å²) >= 11 is 3.14. The van der Waals surface area contributed by atoms with Crippen LogP contribution in [-0.4, -0.2) is 7.11 Å². The molecule has 0 aliphatic rings. The minimum absolute atomic E-state index is 0.259. The third-order valence-electron chi connectivity index (χ3n) is 1.44. The Balaban J connectivity index is 2.78. The number of rotatable bonds is 3. The van der Waals surface area contributed by atoms with Crippen molar-refractivity contribution >= 4 is 15.9 Å². The van der Waals surface area contributed by atoms with Gasteiger partial charge in [-0.3, -0.25) is 0 Å². The molecule has 0 bridgehead atoms. The van der Waals surface area contributed by atoms with Gasteiger partial charge in [0.2, 0.25) is 0 Å². The van der Waals surface area contributed by atoms with Crippen molar-refractivity contribution in [1.29, 1.82) is 0 Å². The smallest absolute Gasteiger partial charge is 0.137 e. The largest absolute Gasteiger partial charge is 0.305 e. The molecule has 4 heteroatoms. The molecule has 0 aliphatic heterocycles. The zero-order valence-corrected chi connectivity index (χ0v) is 8.19. The molecule has 0 heterocycles. The van der Waals surface area contributed by atoms with Gasteiger partial charge >= 0.3 is 0 Å². The van der Waals surface area contributed by atoms with Crippen molar-refractivity contribution in [3.8, 4) is 0 Å². The lowest BCUT2D eigenvalue weighted by Gasteiger charge is -2.04. The summed E-state index contributed by atoms with van der Waals surface area (Å²) in [6.07, 6.45) is 0.